The fourth-order valence-corrected chi connectivity index (χ4v) is 4.02. The number of aromatic nitrogens is 1. The molecule has 0 spiro atoms. The summed E-state index contributed by atoms with van der Waals surface area (Å²) in [5.74, 6) is -0.951. The lowest BCUT2D eigenvalue weighted by molar-refractivity contribution is -0.137. The maximum atomic E-state index is 13.3. The molecule has 1 heterocycles. The molecule has 4 rings (SSSR count). The smallest absolute Gasteiger partial charge is 0.323 e. The number of carboxylic acids is 1. The summed E-state index contributed by atoms with van der Waals surface area (Å²) in [6.45, 7) is 1.74. The van der Waals surface area contributed by atoms with Crippen molar-refractivity contribution in [3.05, 3.63) is 76.5 Å². The van der Waals surface area contributed by atoms with Gasteiger partial charge in [0.2, 0.25) is 0 Å². The van der Waals surface area contributed by atoms with Gasteiger partial charge in [-0.05, 0) is 41.8 Å². The Balaban J connectivity index is 2.20. The van der Waals surface area contributed by atoms with Crippen LogP contribution >= 0.6 is 0 Å². The van der Waals surface area contributed by atoms with Gasteiger partial charge >= 0.3 is 5.97 Å². The molecule has 1 N–H and O–H groups in total. The number of anilines is 1. The van der Waals surface area contributed by atoms with Gasteiger partial charge in [0.25, 0.3) is 0 Å². The molecule has 29 heavy (non-hydrogen) atoms. The summed E-state index contributed by atoms with van der Waals surface area (Å²) in [5.41, 5.74) is 4.99. The van der Waals surface area contributed by atoms with Crippen LogP contribution in [0.15, 0.2) is 65.5 Å². The predicted molar refractivity (Wildman–Crippen MR) is 118 cm³/mol. The van der Waals surface area contributed by atoms with Gasteiger partial charge in [0.05, 0.1) is 16.7 Å². The van der Waals surface area contributed by atoms with Gasteiger partial charge in [0.15, 0.2) is 5.43 Å². The van der Waals surface area contributed by atoms with Gasteiger partial charge in [0, 0.05) is 24.9 Å². The predicted octanol–water partition coefficient (Wildman–Crippen LogP) is 4.28. The first-order chi connectivity index (χ1) is 13.9. The van der Waals surface area contributed by atoms with Crippen LogP contribution in [0.3, 0.4) is 0 Å². The zero-order chi connectivity index (χ0) is 20.7. The van der Waals surface area contributed by atoms with E-state index in [0.717, 1.165) is 22.4 Å². The number of hydrogen-bond acceptors (Lipinski definition) is 3. The molecule has 0 amide bonds. The number of carboxylic acid groups (broad SMARTS) is 1. The van der Waals surface area contributed by atoms with Gasteiger partial charge in [-0.1, -0.05) is 42.5 Å². The Morgan fingerprint density at radius 2 is 1.66 bits per heavy atom. The highest BCUT2D eigenvalue weighted by Crippen LogP contribution is 2.32. The fraction of sp³-hybridized carbons (Fsp3) is 0.167. The Morgan fingerprint density at radius 3 is 2.31 bits per heavy atom. The molecular weight excluding hydrogens is 364 g/mol. The van der Waals surface area contributed by atoms with E-state index in [2.05, 4.69) is 0 Å². The van der Waals surface area contributed by atoms with Crippen LogP contribution in [0.5, 0.6) is 0 Å². The first kappa shape index (κ1) is 18.7. The third-order valence-electron chi connectivity index (χ3n) is 5.25. The first-order valence-corrected chi connectivity index (χ1v) is 9.43. The number of pyridine rings is 1. The molecule has 0 unspecified atom stereocenters. The minimum atomic E-state index is -0.951. The van der Waals surface area contributed by atoms with E-state index < -0.39 is 5.97 Å². The first-order valence-electron chi connectivity index (χ1n) is 9.43. The van der Waals surface area contributed by atoms with Crippen LogP contribution in [-0.4, -0.2) is 29.7 Å². The number of rotatable bonds is 4. The zero-order valence-electron chi connectivity index (χ0n) is 16.6. The molecule has 0 aliphatic carbocycles. The van der Waals surface area contributed by atoms with Crippen molar-refractivity contribution < 1.29 is 9.90 Å². The minimum Gasteiger partial charge on any atom is -0.480 e. The number of aryl methyl sites for hydroxylation is 1. The quantitative estimate of drug-likeness (QED) is 0.532. The SMILES string of the molecule is Cc1ccc2c(=O)c3ccc(-c4ccccc4)cc3n(CC(=O)O)c2c1N(C)C. The van der Waals surface area contributed by atoms with Crippen LogP contribution in [0, 0.1) is 6.92 Å². The molecule has 0 saturated carbocycles. The lowest BCUT2D eigenvalue weighted by atomic mass is 10.0. The van der Waals surface area contributed by atoms with Gasteiger partial charge < -0.3 is 14.6 Å². The fourth-order valence-electron chi connectivity index (χ4n) is 4.02. The van der Waals surface area contributed by atoms with E-state index in [1.807, 2.05) is 74.4 Å². The third-order valence-corrected chi connectivity index (χ3v) is 5.25. The second-order valence-electron chi connectivity index (χ2n) is 7.43. The molecule has 3 aromatic carbocycles. The topological polar surface area (TPSA) is 62.5 Å². The molecule has 1 aromatic heterocycles. The largest absolute Gasteiger partial charge is 0.480 e. The Kier molecular flexibility index (Phi) is 4.59. The highest BCUT2D eigenvalue weighted by atomic mass is 16.4. The average molecular weight is 386 g/mol. The molecule has 0 radical (unpaired) electrons. The van der Waals surface area contributed by atoms with Crippen molar-refractivity contribution in [2.45, 2.75) is 13.5 Å². The van der Waals surface area contributed by atoms with E-state index in [1.54, 1.807) is 16.7 Å². The van der Waals surface area contributed by atoms with E-state index in [9.17, 15) is 14.7 Å². The van der Waals surface area contributed by atoms with Gasteiger partial charge in [0.1, 0.15) is 6.54 Å². The Labute approximate surface area is 168 Å². The van der Waals surface area contributed by atoms with E-state index in [1.165, 1.54) is 0 Å². The zero-order valence-corrected chi connectivity index (χ0v) is 16.6. The second-order valence-corrected chi connectivity index (χ2v) is 7.43. The van der Waals surface area contributed by atoms with Crippen molar-refractivity contribution in [1.29, 1.82) is 0 Å². The molecule has 0 saturated heterocycles. The van der Waals surface area contributed by atoms with Crippen LogP contribution in [0.1, 0.15) is 5.56 Å². The Bertz CT molecular complexity index is 1310. The molecule has 5 heteroatoms. The number of aliphatic carboxylic acids is 1. The third kappa shape index (κ3) is 3.14. The normalized spacial score (nSPS) is 11.1. The maximum absolute atomic E-state index is 13.3. The molecule has 4 aromatic rings. The molecular formula is C24H22N2O3. The maximum Gasteiger partial charge on any atom is 0.323 e. The highest BCUT2D eigenvalue weighted by molar-refractivity contribution is 6.02. The number of hydrogen-bond donors (Lipinski definition) is 1. The lowest BCUT2D eigenvalue weighted by Crippen LogP contribution is -2.20. The van der Waals surface area contributed by atoms with Gasteiger partial charge in [-0.2, -0.15) is 0 Å². The van der Waals surface area contributed by atoms with E-state index in [4.69, 9.17) is 0 Å². The van der Waals surface area contributed by atoms with Crippen molar-refractivity contribution in [3.8, 4) is 11.1 Å². The van der Waals surface area contributed by atoms with Crippen LogP contribution in [0.2, 0.25) is 0 Å². The summed E-state index contributed by atoms with van der Waals surface area (Å²) in [4.78, 5) is 27.0. The highest BCUT2D eigenvalue weighted by Gasteiger charge is 2.18. The van der Waals surface area contributed by atoms with Crippen LogP contribution in [-0.2, 0) is 11.3 Å². The van der Waals surface area contributed by atoms with Crippen LogP contribution in [0.4, 0.5) is 5.69 Å². The number of carbonyl (C=O) groups is 1. The molecule has 0 atom stereocenters. The second kappa shape index (κ2) is 7.09. The summed E-state index contributed by atoms with van der Waals surface area (Å²) < 4.78 is 1.75. The monoisotopic (exact) mass is 386 g/mol. The summed E-state index contributed by atoms with van der Waals surface area (Å²) in [7, 11) is 3.81. The van der Waals surface area contributed by atoms with Crippen LogP contribution in [0.25, 0.3) is 32.9 Å². The van der Waals surface area contributed by atoms with E-state index in [0.29, 0.717) is 21.8 Å². The Hall–Kier alpha value is -3.60. The van der Waals surface area contributed by atoms with Gasteiger partial charge in [-0.25, -0.2) is 0 Å². The molecule has 0 fully saturated rings. The molecule has 146 valence electrons. The minimum absolute atomic E-state index is 0.0839. The van der Waals surface area contributed by atoms with Crippen molar-refractivity contribution in [1.82, 2.24) is 4.57 Å². The number of nitrogens with zero attached hydrogens (tertiary/aromatic N) is 2. The van der Waals surface area contributed by atoms with E-state index in [-0.39, 0.29) is 12.0 Å². The summed E-state index contributed by atoms with van der Waals surface area (Å²) in [6, 6.07) is 19.2. The lowest BCUT2D eigenvalue weighted by Gasteiger charge is -2.23. The van der Waals surface area contributed by atoms with Gasteiger partial charge in [-0.3, -0.25) is 9.59 Å². The van der Waals surface area contributed by atoms with Crippen molar-refractivity contribution in [2.75, 3.05) is 19.0 Å². The number of fused-ring (bicyclic) bond motifs is 2. The van der Waals surface area contributed by atoms with Gasteiger partial charge in [-0.15, -0.1) is 0 Å². The summed E-state index contributed by atoms with van der Waals surface area (Å²) in [6.07, 6.45) is 0. The van der Waals surface area contributed by atoms with Crippen LogP contribution < -0.4 is 10.3 Å². The van der Waals surface area contributed by atoms with E-state index >= 15 is 0 Å². The summed E-state index contributed by atoms with van der Waals surface area (Å²) >= 11 is 0. The Morgan fingerprint density at radius 1 is 0.966 bits per heavy atom. The summed E-state index contributed by atoms with van der Waals surface area (Å²) in [5, 5.41) is 10.7. The molecule has 5 nitrogen and oxygen atoms in total. The van der Waals surface area contributed by atoms with Crippen molar-refractivity contribution >= 4 is 33.5 Å². The average Bonchev–Trinajstić information content (AvgIpc) is 2.70. The molecule has 0 aliphatic rings. The molecule has 0 bridgehead atoms. The molecule has 0 aliphatic heterocycles. The number of benzene rings is 3. The van der Waals surface area contributed by atoms with Crippen molar-refractivity contribution in [3.63, 3.8) is 0 Å². The van der Waals surface area contributed by atoms with Crippen molar-refractivity contribution in [2.24, 2.45) is 0 Å². The standard InChI is InChI=1S/C24H22N2O3/c1-15-9-11-19-23(22(15)25(2)3)26(14-21(27)28)20-13-17(10-12-18(20)24(19)29)16-7-5-4-6-8-16/h4-13H,14H2,1-3H3,(H,27,28).